The van der Waals surface area contributed by atoms with Crippen LogP contribution in [0.2, 0.25) is 5.02 Å². The van der Waals surface area contributed by atoms with Gasteiger partial charge in [-0.05, 0) is 41.1 Å². The molecule has 0 aliphatic heterocycles. The second-order valence-corrected chi connectivity index (χ2v) is 4.87. The van der Waals surface area contributed by atoms with Crippen molar-refractivity contribution in [1.82, 2.24) is 4.98 Å². The minimum absolute atomic E-state index is 0.0382. The van der Waals surface area contributed by atoms with Crippen LogP contribution in [0.3, 0.4) is 0 Å². The third-order valence-corrected chi connectivity index (χ3v) is 3.21. The number of hydrogen-bond acceptors (Lipinski definition) is 5. The minimum Gasteiger partial charge on any atom is -0.461 e. The molecule has 2 N–H and O–H groups in total. The van der Waals surface area contributed by atoms with E-state index in [9.17, 15) is 4.79 Å². The van der Waals surface area contributed by atoms with E-state index in [1.54, 1.807) is 25.1 Å². The summed E-state index contributed by atoms with van der Waals surface area (Å²) in [5.41, 5.74) is 6.19. The van der Waals surface area contributed by atoms with Gasteiger partial charge >= 0.3 is 5.97 Å². The van der Waals surface area contributed by atoms with E-state index in [0.717, 1.165) is 4.47 Å². The first-order valence-electron chi connectivity index (χ1n) is 5.41. The lowest BCUT2D eigenvalue weighted by Gasteiger charge is -1.99. The molecule has 1 heterocycles. The zero-order valence-electron chi connectivity index (χ0n) is 9.94. The average molecular weight is 346 g/mol. The molecule has 0 amide bonds. The van der Waals surface area contributed by atoms with Crippen LogP contribution >= 0.6 is 27.5 Å². The minimum atomic E-state index is -0.617. The number of halogens is 2. The first kappa shape index (κ1) is 13.9. The number of esters is 1. The molecule has 5 nitrogen and oxygen atoms in total. The fraction of sp³-hybridized carbons (Fsp3) is 0.167. The summed E-state index contributed by atoms with van der Waals surface area (Å²) in [6.45, 7) is 1.93. The van der Waals surface area contributed by atoms with Crippen molar-refractivity contribution in [1.29, 1.82) is 0 Å². The zero-order valence-corrected chi connectivity index (χ0v) is 12.3. The number of anilines is 1. The number of hydrogen-bond donors (Lipinski definition) is 1. The third-order valence-electron chi connectivity index (χ3n) is 2.28. The van der Waals surface area contributed by atoms with Gasteiger partial charge in [-0.25, -0.2) is 4.79 Å². The summed E-state index contributed by atoms with van der Waals surface area (Å²) in [6.07, 6.45) is 0. The average Bonchev–Trinajstić information content (AvgIpc) is 2.74. The highest BCUT2D eigenvalue weighted by Gasteiger charge is 2.21. The first-order chi connectivity index (χ1) is 9.02. The molecule has 2 aromatic rings. The number of benzene rings is 1. The number of carbonyl (C=O) groups is 1. The first-order valence-corrected chi connectivity index (χ1v) is 6.59. The van der Waals surface area contributed by atoms with E-state index in [-0.39, 0.29) is 24.1 Å². The van der Waals surface area contributed by atoms with Gasteiger partial charge in [-0.1, -0.05) is 11.6 Å². The molecule has 0 fully saturated rings. The van der Waals surface area contributed by atoms with Crippen molar-refractivity contribution in [2.75, 3.05) is 12.3 Å². The van der Waals surface area contributed by atoms with Gasteiger partial charge in [0.1, 0.15) is 0 Å². The fourth-order valence-electron chi connectivity index (χ4n) is 1.45. The lowest BCUT2D eigenvalue weighted by Crippen LogP contribution is -2.07. The smallest absolute Gasteiger partial charge is 0.362 e. The molecule has 100 valence electrons. The predicted molar refractivity (Wildman–Crippen MR) is 75.0 cm³/mol. The van der Waals surface area contributed by atoms with Gasteiger partial charge in [-0.15, -0.1) is 0 Å². The summed E-state index contributed by atoms with van der Waals surface area (Å²) in [4.78, 5) is 15.6. The standard InChI is InChI=1S/C12H10BrClN2O3/c1-2-18-12(17)9-10(15)19-11(16-9)7-5-6(14)3-4-8(7)13/h3-5H,2,15H2,1H3. The van der Waals surface area contributed by atoms with Gasteiger partial charge in [0.15, 0.2) is 0 Å². The molecule has 0 saturated heterocycles. The van der Waals surface area contributed by atoms with Gasteiger partial charge in [0.05, 0.1) is 12.2 Å². The number of ether oxygens (including phenoxy) is 1. The van der Waals surface area contributed by atoms with Crippen LogP contribution in [0.25, 0.3) is 11.5 Å². The van der Waals surface area contributed by atoms with Gasteiger partial charge in [0.2, 0.25) is 17.5 Å². The number of nitrogen functional groups attached to an aromatic ring is 1. The molecule has 0 radical (unpaired) electrons. The molecule has 0 unspecified atom stereocenters. The Kier molecular flexibility index (Phi) is 4.11. The Balaban J connectivity index is 2.44. The zero-order chi connectivity index (χ0) is 14.0. The summed E-state index contributed by atoms with van der Waals surface area (Å²) in [5, 5.41) is 0.521. The second-order valence-electron chi connectivity index (χ2n) is 3.58. The molecule has 1 aromatic heterocycles. The maximum absolute atomic E-state index is 11.6. The summed E-state index contributed by atoms with van der Waals surface area (Å²) in [5.74, 6) is -0.497. The van der Waals surface area contributed by atoms with Crippen molar-refractivity contribution in [3.63, 3.8) is 0 Å². The highest BCUT2D eigenvalue weighted by Crippen LogP contribution is 2.32. The molecule has 0 bridgehead atoms. The van der Waals surface area contributed by atoms with Crippen molar-refractivity contribution in [2.45, 2.75) is 6.92 Å². The van der Waals surface area contributed by atoms with Gasteiger partial charge in [0, 0.05) is 9.50 Å². The van der Waals surface area contributed by atoms with Gasteiger partial charge < -0.3 is 14.9 Å². The van der Waals surface area contributed by atoms with E-state index in [1.165, 1.54) is 0 Å². The van der Waals surface area contributed by atoms with E-state index in [1.807, 2.05) is 0 Å². The van der Waals surface area contributed by atoms with Crippen LogP contribution in [0.4, 0.5) is 5.88 Å². The lowest BCUT2D eigenvalue weighted by atomic mass is 10.2. The summed E-state index contributed by atoms with van der Waals surface area (Å²) >= 11 is 9.27. The molecule has 0 spiro atoms. The largest absolute Gasteiger partial charge is 0.461 e. The lowest BCUT2D eigenvalue weighted by molar-refractivity contribution is 0.0521. The number of nitrogens with two attached hydrogens (primary N) is 1. The van der Waals surface area contributed by atoms with Gasteiger partial charge in [0.25, 0.3) is 0 Å². The van der Waals surface area contributed by atoms with Crippen molar-refractivity contribution in [2.24, 2.45) is 0 Å². The predicted octanol–water partition coefficient (Wildman–Crippen LogP) is 3.52. The molecule has 19 heavy (non-hydrogen) atoms. The number of oxazole rings is 1. The van der Waals surface area contributed by atoms with Crippen LogP contribution in [0.1, 0.15) is 17.4 Å². The monoisotopic (exact) mass is 344 g/mol. The van der Waals surface area contributed by atoms with E-state index in [2.05, 4.69) is 20.9 Å². The van der Waals surface area contributed by atoms with Crippen LogP contribution in [0.15, 0.2) is 27.1 Å². The molecule has 0 saturated carbocycles. The highest BCUT2D eigenvalue weighted by molar-refractivity contribution is 9.10. The second kappa shape index (κ2) is 5.63. The molecular formula is C12H10BrClN2O3. The summed E-state index contributed by atoms with van der Waals surface area (Å²) < 4.78 is 10.8. The Hall–Kier alpha value is -1.53. The van der Waals surface area contributed by atoms with E-state index < -0.39 is 5.97 Å². The quantitative estimate of drug-likeness (QED) is 0.861. The number of aromatic nitrogens is 1. The molecule has 0 aliphatic rings. The van der Waals surface area contributed by atoms with Crippen molar-refractivity contribution in [3.05, 3.63) is 33.4 Å². The van der Waals surface area contributed by atoms with E-state index >= 15 is 0 Å². The highest BCUT2D eigenvalue weighted by atomic mass is 79.9. The topological polar surface area (TPSA) is 78.3 Å². The normalized spacial score (nSPS) is 10.5. The molecule has 0 aliphatic carbocycles. The van der Waals surface area contributed by atoms with Crippen molar-refractivity contribution < 1.29 is 13.9 Å². The molecular weight excluding hydrogens is 336 g/mol. The summed E-state index contributed by atoms with van der Waals surface area (Å²) in [6, 6.07) is 5.13. The number of nitrogens with zero attached hydrogens (tertiary/aromatic N) is 1. The Morgan fingerprint density at radius 2 is 2.32 bits per heavy atom. The Morgan fingerprint density at radius 3 is 3.00 bits per heavy atom. The fourth-order valence-corrected chi connectivity index (χ4v) is 2.04. The molecule has 1 aromatic carbocycles. The number of carbonyl (C=O) groups excluding carboxylic acids is 1. The van der Waals surface area contributed by atoms with Crippen LogP contribution in [0.5, 0.6) is 0 Å². The maximum Gasteiger partial charge on any atom is 0.362 e. The van der Waals surface area contributed by atoms with Gasteiger partial charge in [-0.3, -0.25) is 0 Å². The maximum atomic E-state index is 11.6. The Labute approximate surface area is 122 Å². The van der Waals surface area contributed by atoms with Crippen LogP contribution in [0, 0.1) is 0 Å². The number of rotatable bonds is 3. The SMILES string of the molecule is CCOC(=O)c1nc(-c2cc(Cl)ccc2Br)oc1N. The molecule has 7 heteroatoms. The van der Waals surface area contributed by atoms with E-state index in [4.69, 9.17) is 26.5 Å². The van der Waals surface area contributed by atoms with E-state index in [0.29, 0.717) is 10.6 Å². The van der Waals surface area contributed by atoms with Crippen molar-refractivity contribution >= 4 is 39.4 Å². The molecule has 0 atom stereocenters. The van der Waals surface area contributed by atoms with Gasteiger partial charge in [-0.2, -0.15) is 4.98 Å². The third kappa shape index (κ3) is 2.90. The van der Waals surface area contributed by atoms with Crippen LogP contribution in [-0.4, -0.2) is 17.6 Å². The Bertz CT molecular complexity index is 627. The van der Waals surface area contributed by atoms with Crippen LogP contribution in [-0.2, 0) is 4.74 Å². The van der Waals surface area contributed by atoms with Crippen molar-refractivity contribution in [3.8, 4) is 11.5 Å². The molecule has 2 rings (SSSR count). The Morgan fingerprint density at radius 1 is 1.58 bits per heavy atom. The summed E-state index contributed by atoms with van der Waals surface area (Å²) in [7, 11) is 0. The van der Waals surface area contributed by atoms with Crippen LogP contribution < -0.4 is 5.73 Å².